The second kappa shape index (κ2) is 5.32. The van der Waals surface area contributed by atoms with Crippen LogP contribution < -0.4 is 0 Å². The molecular weight excluding hydrogens is 238 g/mol. The highest BCUT2D eigenvalue weighted by Crippen LogP contribution is 2.17. The van der Waals surface area contributed by atoms with E-state index in [1.807, 2.05) is 0 Å². The van der Waals surface area contributed by atoms with E-state index in [-0.39, 0.29) is 18.2 Å². The van der Waals surface area contributed by atoms with Crippen LogP contribution in [-0.4, -0.2) is 29.7 Å². The first-order valence-corrected chi connectivity index (χ1v) is 6.12. The van der Waals surface area contributed by atoms with Crippen molar-refractivity contribution in [3.63, 3.8) is 0 Å². The van der Waals surface area contributed by atoms with E-state index in [0.717, 1.165) is 12.8 Å². The second-order valence-electron chi connectivity index (χ2n) is 4.18. The molecule has 0 N–H and O–H groups in total. The van der Waals surface area contributed by atoms with E-state index in [4.69, 9.17) is 11.6 Å². The van der Waals surface area contributed by atoms with Crippen molar-refractivity contribution in [3.05, 3.63) is 34.9 Å². The Hall–Kier alpha value is -1.35. The van der Waals surface area contributed by atoms with Gasteiger partial charge < -0.3 is 4.90 Å². The lowest BCUT2D eigenvalue weighted by atomic mass is 10.1. The fraction of sp³-hybridized carbons (Fsp3) is 0.385. The summed E-state index contributed by atoms with van der Waals surface area (Å²) in [6.07, 6.45) is 2.45. The fourth-order valence-corrected chi connectivity index (χ4v) is 2.22. The molecule has 0 aromatic heterocycles. The maximum Gasteiger partial charge on any atom is 0.222 e. The first kappa shape index (κ1) is 12.1. The van der Waals surface area contributed by atoms with E-state index in [2.05, 4.69) is 0 Å². The average molecular weight is 252 g/mol. The number of Topliss-reactive ketones (excluding diaryl/α,β-unsaturated/α-hetero) is 1. The van der Waals surface area contributed by atoms with Gasteiger partial charge in [-0.25, -0.2) is 0 Å². The third-order valence-corrected chi connectivity index (χ3v) is 3.26. The summed E-state index contributed by atoms with van der Waals surface area (Å²) in [5, 5.41) is 0.446. The average Bonchev–Trinajstić information content (AvgIpc) is 2.32. The zero-order valence-electron chi connectivity index (χ0n) is 9.49. The molecule has 0 spiro atoms. The van der Waals surface area contributed by atoms with Gasteiger partial charge in [0.1, 0.15) is 0 Å². The van der Waals surface area contributed by atoms with Crippen molar-refractivity contribution in [1.29, 1.82) is 0 Å². The maximum atomic E-state index is 12.0. The number of nitrogens with zero attached hydrogens (tertiary/aromatic N) is 1. The molecule has 1 aromatic rings. The Kier molecular flexibility index (Phi) is 3.79. The van der Waals surface area contributed by atoms with Gasteiger partial charge in [-0.05, 0) is 25.0 Å². The molecule has 4 heteroatoms. The minimum atomic E-state index is -0.0918. The Bertz CT molecular complexity index is 445. The van der Waals surface area contributed by atoms with Crippen molar-refractivity contribution in [2.45, 2.75) is 19.3 Å². The molecule has 1 aliphatic heterocycles. The van der Waals surface area contributed by atoms with Gasteiger partial charge in [0, 0.05) is 18.5 Å². The Labute approximate surface area is 105 Å². The number of likely N-dealkylation sites (tertiary alicyclic amines) is 1. The molecule has 1 heterocycles. The van der Waals surface area contributed by atoms with E-state index >= 15 is 0 Å². The topological polar surface area (TPSA) is 37.4 Å². The van der Waals surface area contributed by atoms with Crippen molar-refractivity contribution in [1.82, 2.24) is 4.90 Å². The molecule has 3 nitrogen and oxygen atoms in total. The van der Waals surface area contributed by atoms with Crippen LogP contribution in [0.2, 0.25) is 5.02 Å². The standard InChI is InChI=1S/C13H14ClNO2/c14-11-6-2-1-5-10(11)12(16)9-15-8-4-3-7-13(15)17/h1-2,5-6H,3-4,7-9H2. The SMILES string of the molecule is O=C(CN1CCCCC1=O)c1ccccc1Cl. The third kappa shape index (κ3) is 2.86. The van der Waals surface area contributed by atoms with Gasteiger partial charge in [0.25, 0.3) is 0 Å². The van der Waals surface area contributed by atoms with Crippen LogP contribution in [0.5, 0.6) is 0 Å². The lowest BCUT2D eigenvalue weighted by Crippen LogP contribution is -2.39. The molecule has 17 heavy (non-hydrogen) atoms. The summed E-state index contributed by atoms with van der Waals surface area (Å²) in [5.74, 6) is -0.0255. The Balaban J connectivity index is 2.06. The molecule has 1 aliphatic rings. The molecule has 0 atom stereocenters. The van der Waals surface area contributed by atoms with Crippen LogP contribution in [0.15, 0.2) is 24.3 Å². The molecule has 0 saturated carbocycles. The number of carbonyl (C=O) groups is 2. The van der Waals surface area contributed by atoms with E-state index in [1.165, 1.54) is 0 Å². The van der Waals surface area contributed by atoms with Crippen molar-refractivity contribution >= 4 is 23.3 Å². The smallest absolute Gasteiger partial charge is 0.222 e. The number of hydrogen-bond donors (Lipinski definition) is 0. The molecule has 1 aromatic carbocycles. The molecule has 90 valence electrons. The highest BCUT2D eigenvalue weighted by molar-refractivity contribution is 6.34. The Morgan fingerprint density at radius 2 is 2.06 bits per heavy atom. The van der Waals surface area contributed by atoms with Gasteiger partial charge >= 0.3 is 0 Å². The number of ketones is 1. The minimum Gasteiger partial charge on any atom is -0.335 e. The summed E-state index contributed by atoms with van der Waals surface area (Å²) in [7, 11) is 0. The number of carbonyl (C=O) groups excluding carboxylic acids is 2. The second-order valence-corrected chi connectivity index (χ2v) is 4.58. The van der Waals surface area contributed by atoms with Crippen molar-refractivity contribution < 1.29 is 9.59 Å². The summed E-state index contributed by atoms with van der Waals surface area (Å²) in [6.45, 7) is 0.817. The molecule has 0 aliphatic carbocycles. The molecule has 1 fully saturated rings. The van der Waals surface area contributed by atoms with Gasteiger partial charge in [0.15, 0.2) is 5.78 Å². The Morgan fingerprint density at radius 3 is 2.76 bits per heavy atom. The highest BCUT2D eigenvalue weighted by Gasteiger charge is 2.21. The number of hydrogen-bond acceptors (Lipinski definition) is 2. The predicted molar refractivity (Wildman–Crippen MR) is 66.2 cm³/mol. The first-order valence-electron chi connectivity index (χ1n) is 5.74. The maximum absolute atomic E-state index is 12.0. The zero-order chi connectivity index (χ0) is 12.3. The van der Waals surface area contributed by atoms with Crippen molar-refractivity contribution in [2.75, 3.05) is 13.1 Å². The normalized spacial score (nSPS) is 16.1. The molecule has 1 amide bonds. The quantitative estimate of drug-likeness (QED) is 0.775. The number of amides is 1. The fourth-order valence-electron chi connectivity index (χ4n) is 1.97. The monoisotopic (exact) mass is 251 g/mol. The molecule has 0 radical (unpaired) electrons. The number of benzene rings is 1. The predicted octanol–water partition coefficient (Wildman–Crippen LogP) is 2.54. The van der Waals surface area contributed by atoms with Gasteiger partial charge in [-0.15, -0.1) is 0 Å². The van der Waals surface area contributed by atoms with E-state index in [1.54, 1.807) is 29.2 Å². The molecule has 1 saturated heterocycles. The largest absolute Gasteiger partial charge is 0.335 e. The molecule has 2 rings (SSSR count). The lowest BCUT2D eigenvalue weighted by molar-refractivity contribution is -0.132. The number of piperidine rings is 1. The van der Waals surface area contributed by atoms with Gasteiger partial charge in [-0.1, -0.05) is 23.7 Å². The summed E-state index contributed by atoms with van der Waals surface area (Å²) in [4.78, 5) is 25.2. The van der Waals surface area contributed by atoms with Crippen LogP contribution in [0.4, 0.5) is 0 Å². The van der Waals surface area contributed by atoms with Crippen LogP contribution in [-0.2, 0) is 4.79 Å². The highest BCUT2D eigenvalue weighted by atomic mass is 35.5. The molecule has 0 bridgehead atoms. The van der Waals surface area contributed by atoms with Crippen LogP contribution in [0.1, 0.15) is 29.6 Å². The van der Waals surface area contributed by atoms with E-state index in [0.29, 0.717) is 23.6 Å². The van der Waals surface area contributed by atoms with Crippen LogP contribution in [0, 0.1) is 0 Å². The van der Waals surface area contributed by atoms with Crippen LogP contribution >= 0.6 is 11.6 Å². The number of halogens is 1. The van der Waals surface area contributed by atoms with Crippen LogP contribution in [0.25, 0.3) is 0 Å². The molecular formula is C13H14ClNO2. The third-order valence-electron chi connectivity index (χ3n) is 2.93. The van der Waals surface area contributed by atoms with Gasteiger partial charge in [-0.2, -0.15) is 0 Å². The van der Waals surface area contributed by atoms with E-state index < -0.39 is 0 Å². The zero-order valence-corrected chi connectivity index (χ0v) is 10.2. The van der Waals surface area contributed by atoms with Gasteiger partial charge in [-0.3, -0.25) is 9.59 Å². The first-order chi connectivity index (χ1) is 8.18. The van der Waals surface area contributed by atoms with Gasteiger partial charge in [0.2, 0.25) is 5.91 Å². The van der Waals surface area contributed by atoms with Crippen LogP contribution in [0.3, 0.4) is 0 Å². The summed E-state index contributed by atoms with van der Waals surface area (Å²) in [5.41, 5.74) is 0.493. The Morgan fingerprint density at radius 1 is 1.29 bits per heavy atom. The molecule has 0 unspecified atom stereocenters. The lowest BCUT2D eigenvalue weighted by Gasteiger charge is -2.26. The minimum absolute atomic E-state index is 0.0663. The van der Waals surface area contributed by atoms with Gasteiger partial charge in [0.05, 0.1) is 11.6 Å². The number of rotatable bonds is 3. The summed E-state index contributed by atoms with van der Waals surface area (Å²) in [6, 6.07) is 6.94. The van der Waals surface area contributed by atoms with Crippen molar-refractivity contribution in [2.24, 2.45) is 0 Å². The van der Waals surface area contributed by atoms with E-state index in [9.17, 15) is 9.59 Å². The van der Waals surface area contributed by atoms with Crippen molar-refractivity contribution in [3.8, 4) is 0 Å². The summed E-state index contributed by atoms with van der Waals surface area (Å²) < 4.78 is 0. The summed E-state index contributed by atoms with van der Waals surface area (Å²) >= 11 is 5.95.